The van der Waals surface area contributed by atoms with Crippen molar-refractivity contribution in [2.75, 3.05) is 0 Å². The van der Waals surface area contributed by atoms with Crippen molar-refractivity contribution in [3.05, 3.63) is 35.4 Å². The molecule has 2 unspecified atom stereocenters. The first-order valence-electron chi connectivity index (χ1n) is 9.30. The predicted octanol–water partition coefficient (Wildman–Crippen LogP) is 6.05. The minimum atomic E-state index is -0.679. The highest BCUT2D eigenvalue weighted by Crippen LogP contribution is 2.28. The summed E-state index contributed by atoms with van der Waals surface area (Å²) in [6, 6.07) is 9.10. The summed E-state index contributed by atoms with van der Waals surface area (Å²) in [5.41, 5.74) is 2.82. The second-order valence-electron chi connectivity index (χ2n) is 6.97. The lowest BCUT2D eigenvalue weighted by Crippen LogP contribution is -2.08. The van der Waals surface area contributed by atoms with E-state index in [4.69, 9.17) is 5.11 Å². The Kier molecular flexibility index (Phi) is 8.98. The van der Waals surface area contributed by atoms with Crippen molar-refractivity contribution < 1.29 is 9.90 Å². The van der Waals surface area contributed by atoms with Crippen LogP contribution in [0.15, 0.2) is 24.3 Å². The SMILES string of the molecule is CCC(CC)Cc1ccc(C(C)CC(CC)CCC(=O)O)cc1. The minimum Gasteiger partial charge on any atom is -0.481 e. The van der Waals surface area contributed by atoms with Gasteiger partial charge < -0.3 is 5.11 Å². The summed E-state index contributed by atoms with van der Waals surface area (Å²) in [6.45, 7) is 8.97. The van der Waals surface area contributed by atoms with Crippen LogP contribution in [0, 0.1) is 11.8 Å². The third-order valence-corrected chi connectivity index (χ3v) is 5.26. The highest BCUT2D eigenvalue weighted by Gasteiger charge is 2.15. The lowest BCUT2D eigenvalue weighted by atomic mass is 9.85. The summed E-state index contributed by atoms with van der Waals surface area (Å²) >= 11 is 0. The highest BCUT2D eigenvalue weighted by molar-refractivity contribution is 5.66. The molecule has 1 aromatic carbocycles. The molecular formula is C21H34O2. The molecule has 0 aliphatic rings. The van der Waals surface area contributed by atoms with Gasteiger partial charge in [-0.1, -0.05) is 71.2 Å². The Balaban J connectivity index is 2.58. The number of hydrogen-bond donors (Lipinski definition) is 1. The van der Waals surface area contributed by atoms with E-state index in [0.29, 0.717) is 18.3 Å². The summed E-state index contributed by atoms with van der Waals surface area (Å²) in [7, 11) is 0. The molecular weight excluding hydrogens is 284 g/mol. The maximum atomic E-state index is 10.8. The van der Waals surface area contributed by atoms with Crippen molar-refractivity contribution in [1.82, 2.24) is 0 Å². The molecule has 23 heavy (non-hydrogen) atoms. The molecule has 2 atom stereocenters. The third kappa shape index (κ3) is 7.20. The van der Waals surface area contributed by atoms with Gasteiger partial charge in [0.1, 0.15) is 0 Å². The Morgan fingerprint density at radius 2 is 1.57 bits per heavy atom. The molecule has 0 aromatic heterocycles. The zero-order chi connectivity index (χ0) is 17.2. The topological polar surface area (TPSA) is 37.3 Å². The van der Waals surface area contributed by atoms with Crippen molar-refractivity contribution in [3.63, 3.8) is 0 Å². The highest BCUT2D eigenvalue weighted by atomic mass is 16.4. The Bertz CT molecular complexity index is 445. The second-order valence-corrected chi connectivity index (χ2v) is 6.97. The van der Waals surface area contributed by atoms with Crippen molar-refractivity contribution in [2.24, 2.45) is 11.8 Å². The fourth-order valence-corrected chi connectivity index (χ4v) is 3.35. The molecule has 2 heteroatoms. The predicted molar refractivity (Wildman–Crippen MR) is 97.9 cm³/mol. The van der Waals surface area contributed by atoms with E-state index in [2.05, 4.69) is 52.0 Å². The molecule has 0 aliphatic carbocycles. The van der Waals surface area contributed by atoms with E-state index < -0.39 is 5.97 Å². The molecule has 0 saturated carbocycles. The minimum absolute atomic E-state index is 0.291. The molecule has 0 amide bonds. The van der Waals surface area contributed by atoms with Crippen LogP contribution in [0.3, 0.4) is 0 Å². The fourth-order valence-electron chi connectivity index (χ4n) is 3.35. The van der Waals surface area contributed by atoms with Gasteiger partial charge in [-0.2, -0.15) is 0 Å². The van der Waals surface area contributed by atoms with Gasteiger partial charge in [0, 0.05) is 6.42 Å². The van der Waals surface area contributed by atoms with Gasteiger partial charge in [-0.15, -0.1) is 0 Å². The normalized spacial score (nSPS) is 14.0. The van der Waals surface area contributed by atoms with Crippen LogP contribution in [-0.4, -0.2) is 11.1 Å². The van der Waals surface area contributed by atoms with Crippen LogP contribution in [0.5, 0.6) is 0 Å². The van der Waals surface area contributed by atoms with E-state index in [1.807, 2.05) is 0 Å². The molecule has 0 aliphatic heterocycles. The van der Waals surface area contributed by atoms with E-state index in [0.717, 1.165) is 25.2 Å². The zero-order valence-electron chi connectivity index (χ0n) is 15.3. The average molecular weight is 319 g/mol. The Labute approximate surface area is 142 Å². The van der Waals surface area contributed by atoms with Crippen LogP contribution >= 0.6 is 0 Å². The Morgan fingerprint density at radius 3 is 2.04 bits per heavy atom. The van der Waals surface area contributed by atoms with Crippen molar-refractivity contribution in [3.8, 4) is 0 Å². The van der Waals surface area contributed by atoms with Crippen molar-refractivity contribution in [1.29, 1.82) is 0 Å². The van der Waals surface area contributed by atoms with Gasteiger partial charge in [0.05, 0.1) is 0 Å². The number of carboxylic acid groups (broad SMARTS) is 1. The van der Waals surface area contributed by atoms with Gasteiger partial charge in [-0.05, 0) is 48.1 Å². The van der Waals surface area contributed by atoms with Gasteiger partial charge in [-0.25, -0.2) is 0 Å². The summed E-state index contributed by atoms with van der Waals surface area (Å²) in [4.78, 5) is 10.8. The molecule has 0 saturated heterocycles. The fraction of sp³-hybridized carbons (Fsp3) is 0.667. The lowest BCUT2D eigenvalue weighted by molar-refractivity contribution is -0.137. The van der Waals surface area contributed by atoms with E-state index in [1.54, 1.807) is 0 Å². The van der Waals surface area contributed by atoms with Crippen LogP contribution < -0.4 is 0 Å². The molecule has 1 N–H and O–H groups in total. The van der Waals surface area contributed by atoms with Gasteiger partial charge in [0.25, 0.3) is 0 Å². The van der Waals surface area contributed by atoms with Crippen LogP contribution in [0.2, 0.25) is 0 Å². The molecule has 130 valence electrons. The number of hydrogen-bond acceptors (Lipinski definition) is 1. The average Bonchev–Trinajstić information content (AvgIpc) is 2.56. The molecule has 2 nitrogen and oxygen atoms in total. The molecule has 1 aromatic rings. The van der Waals surface area contributed by atoms with E-state index >= 15 is 0 Å². The van der Waals surface area contributed by atoms with Crippen molar-refractivity contribution in [2.45, 2.75) is 78.6 Å². The number of aliphatic carboxylic acids is 1. The molecule has 0 radical (unpaired) electrons. The molecule has 0 heterocycles. The first kappa shape index (κ1) is 19.7. The van der Waals surface area contributed by atoms with Gasteiger partial charge in [0.2, 0.25) is 0 Å². The zero-order valence-corrected chi connectivity index (χ0v) is 15.3. The maximum absolute atomic E-state index is 10.8. The van der Waals surface area contributed by atoms with E-state index in [9.17, 15) is 4.79 Å². The van der Waals surface area contributed by atoms with Gasteiger partial charge >= 0.3 is 5.97 Å². The largest absolute Gasteiger partial charge is 0.481 e. The van der Waals surface area contributed by atoms with Gasteiger partial charge in [0.15, 0.2) is 0 Å². The smallest absolute Gasteiger partial charge is 0.303 e. The number of carboxylic acids is 1. The van der Waals surface area contributed by atoms with Crippen LogP contribution in [0.25, 0.3) is 0 Å². The number of benzene rings is 1. The van der Waals surface area contributed by atoms with Crippen LogP contribution in [-0.2, 0) is 11.2 Å². The first-order valence-corrected chi connectivity index (χ1v) is 9.30. The monoisotopic (exact) mass is 318 g/mol. The summed E-state index contributed by atoms with van der Waals surface area (Å²) in [5.74, 6) is 1.11. The first-order chi connectivity index (χ1) is 11.0. The van der Waals surface area contributed by atoms with Crippen LogP contribution in [0.4, 0.5) is 0 Å². The van der Waals surface area contributed by atoms with Gasteiger partial charge in [-0.3, -0.25) is 4.79 Å². The standard InChI is InChI=1S/C21H34O2/c1-5-17(6-2)15-19-8-11-20(12-9-19)16(4)14-18(7-3)10-13-21(22)23/h8-9,11-12,16-18H,5-7,10,13-15H2,1-4H3,(H,22,23). The number of rotatable bonds is 11. The quantitative estimate of drug-likeness (QED) is 0.539. The Hall–Kier alpha value is -1.31. The third-order valence-electron chi connectivity index (χ3n) is 5.26. The number of carbonyl (C=O) groups is 1. The van der Waals surface area contributed by atoms with E-state index in [1.165, 1.54) is 30.4 Å². The Morgan fingerprint density at radius 1 is 1.00 bits per heavy atom. The summed E-state index contributed by atoms with van der Waals surface area (Å²) in [5, 5.41) is 8.85. The summed E-state index contributed by atoms with van der Waals surface area (Å²) < 4.78 is 0. The molecule has 0 bridgehead atoms. The molecule has 0 fully saturated rings. The second kappa shape index (κ2) is 10.5. The maximum Gasteiger partial charge on any atom is 0.303 e. The van der Waals surface area contributed by atoms with Crippen LogP contribution in [0.1, 0.15) is 83.3 Å². The lowest BCUT2D eigenvalue weighted by Gasteiger charge is -2.20. The summed E-state index contributed by atoms with van der Waals surface area (Å²) in [6.07, 6.45) is 6.90. The molecule has 1 rings (SSSR count). The molecule has 0 spiro atoms. The van der Waals surface area contributed by atoms with Crippen molar-refractivity contribution >= 4 is 5.97 Å². The van der Waals surface area contributed by atoms with E-state index in [-0.39, 0.29) is 0 Å².